The van der Waals surface area contributed by atoms with Gasteiger partial charge in [-0.25, -0.2) is 0 Å². The number of hydrogen-bond donors (Lipinski definition) is 2. The van der Waals surface area contributed by atoms with Crippen molar-refractivity contribution >= 4 is 0 Å². The molecule has 98 valence electrons. The lowest BCUT2D eigenvalue weighted by atomic mass is 10.0. The van der Waals surface area contributed by atoms with E-state index in [4.69, 9.17) is 4.42 Å². The lowest BCUT2D eigenvalue weighted by molar-refractivity contribution is -0.139. The zero-order valence-corrected chi connectivity index (χ0v) is 9.71. The molecule has 0 aromatic carbocycles. The molecule has 0 fully saturated rings. The van der Waals surface area contributed by atoms with Crippen LogP contribution in [0.3, 0.4) is 0 Å². The summed E-state index contributed by atoms with van der Waals surface area (Å²) in [6.07, 6.45) is -3.73. The van der Waals surface area contributed by atoms with Crippen LogP contribution in [0.5, 0.6) is 0 Å². The van der Waals surface area contributed by atoms with Gasteiger partial charge in [0.15, 0.2) is 0 Å². The van der Waals surface area contributed by atoms with Crippen LogP contribution in [0.25, 0.3) is 0 Å². The summed E-state index contributed by atoms with van der Waals surface area (Å²) in [5, 5.41) is 12.6. The van der Waals surface area contributed by atoms with Crippen LogP contribution < -0.4 is 5.32 Å². The Bertz CT molecular complexity index is 333. The first-order chi connectivity index (χ1) is 7.71. The fourth-order valence-electron chi connectivity index (χ4n) is 1.46. The average Bonchev–Trinajstić information content (AvgIpc) is 2.65. The fourth-order valence-corrected chi connectivity index (χ4v) is 1.46. The molecule has 0 aliphatic heterocycles. The van der Waals surface area contributed by atoms with Gasteiger partial charge in [-0.2, -0.15) is 13.2 Å². The summed E-state index contributed by atoms with van der Waals surface area (Å²) in [6, 6.07) is 2.44. The Balaban J connectivity index is 2.45. The smallest absolute Gasteiger partial charge is 0.390 e. The summed E-state index contributed by atoms with van der Waals surface area (Å²) in [5.74, 6) is 0.323. The molecule has 0 bridgehead atoms. The SMILES string of the molecule is CC(CC(F)(F)F)NCC(C)(O)c1ccco1. The number of furan rings is 1. The van der Waals surface area contributed by atoms with E-state index in [1.165, 1.54) is 20.1 Å². The predicted molar refractivity (Wildman–Crippen MR) is 56.4 cm³/mol. The monoisotopic (exact) mass is 251 g/mol. The van der Waals surface area contributed by atoms with Gasteiger partial charge in [0, 0.05) is 12.6 Å². The van der Waals surface area contributed by atoms with Crippen LogP contribution in [0.4, 0.5) is 13.2 Å². The third-order valence-corrected chi connectivity index (χ3v) is 2.38. The third-order valence-electron chi connectivity index (χ3n) is 2.38. The maximum absolute atomic E-state index is 12.1. The van der Waals surface area contributed by atoms with Crippen molar-refractivity contribution in [3.63, 3.8) is 0 Å². The fraction of sp³-hybridized carbons (Fsp3) is 0.636. The Kier molecular flexibility index (Phi) is 4.21. The molecule has 0 aliphatic carbocycles. The van der Waals surface area contributed by atoms with E-state index >= 15 is 0 Å². The topological polar surface area (TPSA) is 45.4 Å². The van der Waals surface area contributed by atoms with Crippen molar-refractivity contribution in [3.8, 4) is 0 Å². The van der Waals surface area contributed by atoms with Gasteiger partial charge in [0.1, 0.15) is 11.4 Å². The molecular weight excluding hydrogens is 235 g/mol. The van der Waals surface area contributed by atoms with Crippen molar-refractivity contribution in [1.29, 1.82) is 0 Å². The van der Waals surface area contributed by atoms with Gasteiger partial charge in [-0.15, -0.1) is 0 Å². The quantitative estimate of drug-likeness (QED) is 0.844. The summed E-state index contributed by atoms with van der Waals surface area (Å²) in [4.78, 5) is 0. The van der Waals surface area contributed by atoms with Gasteiger partial charge < -0.3 is 14.8 Å². The van der Waals surface area contributed by atoms with Crippen LogP contribution >= 0.6 is 0 Å². The second-order valence-electron chi connectivity index (χ2n) is 4.35. The van der Waals surface area contributed by atoms with Crippen molar-refractivity contribution in [2.45, 2.75) is 38.1 Å². The first-order valence-electron chi connectivity index (χ1n) is 5.27. The highest BCUT2D eigenvalue weighted by molar-refractivity contribution is 5.08. The number of rotatable bonds is 5. The van der Waals surface area contributed by atoms with Gasteiger partial charge in [-0.3, -0.25) is 0 Å². The minimum atomic E-state index is -4.21. The van der Waals surface area contributed by atoms with E-state index in [9.17, 15) is 18.3 Å². The number of aliphatic hydroxyl groups is 1. The summed E-state index contributed by atoms with van der Waals surface area (Å²) in [6.45, 7) is 2.91. The second-order valence-corrected chi connectivity index (χ2v) is 4.35. The standard InChI is InChI=1S/C11H16F3NO2/c1-8(6-11(12,13)14)15-7-10(2,16)9-4-3-5-17-9/h3-5,8,15-16H,6-7H2,1-2H3. The van der Waals surface area contributed by atoms with E-state index in [1.807, 2.05) is 0 Å². The van der Waals surface area contributed by atoms with Crippen LogP contribution in [0.15, 0.2) is 22.8 Å². The molecule has 0 spiro atoms. The van der Waals surface area contributed by atoms with E-state index in [2.05, 4.69) is 5.32 Å². The molecule has 1 aromatic rings. The van der Waals surface area contributed by atoms with Crippen molar-refractivity contribution in [3.05, 3.63) is 24.2 Å². The maximum Gasteiger partial charge on any atom is 0.390 e. The van der Waals surface area contributed by atoms with Gasteiger partial charge >= 0.3 is 6.18 Å². The molecule has 0 aliphatic rings. The lowest BCUT2D eigenvalue weighted by Crippen LogP contribution is -2.41. The Morgan fingerprint density at radius 3 is 2.59 bits per heavy atom. The van der Waals surface area contributed by atoms with E-state index < -0.39 is 24.2 Å². The maximum atomic E-state index is 12.1. The largest absolute Gasteiger partial charge is 0.466 e. The van der Waals surface area contributed by atoms with E-state index in [-0.39, 0.29) is 6.54 Å². The predicted octanol–water partition coefficient (Wildman–Crippen LogP) is 2.42. The highest BCUT2D eigenvalue weighted by atomic mass is 19.4. The molecule has 2 N–H and O–H groups in total. The molecule has 1 heterocycles. The molecule has 0 amide bonds. The Morgan fingerprint density at radius 1 is 1.47 bits per heavy atom. The molecule has 0 saturated heterocycles. The van der Waals surface area contributed by atoms with Crippen molar-refractivity contribution in [2.24, 2.45) is 0 Å². The van der Waals surface area contributed by atoms with Crippen molar-refractivity contribution in [2.75, 3.05) is 6.54 Å². The molecule has 17 heavy (non-hydrogen) atoms. The Labute approximate surface area is 97.6 Å². The molecule has 3 nitrogen and oxygen atoms in total. The first-order valence-corrected chi connectivity index (χ1v) is 5.27. The molecule has 0 radical (unpaired) electrons. The minimum Gasteiger partial charge on any atom is -0.466 e. The zero-order valence-electron chi connectivity index (χ0n) is 9.71. The molecule has 0 saturated carbocycles. The summed E-state index contributed by atoms with van der Waals surface area (Å²) >= 11 is 0. The molecule has 2 unspecified atom stereocenters. The van der Waals surface area contributed by atoms with Crippen LogP contribution in [0.2, 0.25) is 0 Å². The van der Waals surface area contributed by atoms with Gasteiger partial charge in [-0.1, -0.05) is 0 Å². The third kappa shape index (κ3) is 4.79. The number of hydrogen-bond acceptors (Lipinski definition) is 3. The lowest BCUT2D eigenvalue weighted by Gasteiger charge is -2.24. The number of halogens is 3. The van der Waals surface area contributed by atoms with Crippen molar-refractivity contribution < 1.29 is 22.7 Å². The highest BCUT2D eigenvalue weighted by Gasteiger charge is 2.32. The van der Waals surface area contributed by atoms with Crippen LogP contribution in [-0.4, -0.2) is 23.9 Å². The van der Waals surface area contributed by atoms with Gasteiger partial charge in [0.05, 0.1) is 12.7 Å². The van der Waals surface area contributed by atoms with Gasteiger partial charge in [0.2, 0.25) is 0 Å². The highest BCUT2D eigenvalue weighted by Crippen LogP contribution is 2.23. The van der Waals surface area contributed by atoms with E-state index in [0.29, 0.717) is 5.76 Å². The van der Waals surface area contributed by atoms with Gasteiger partial charge in [-0.05, 0) is 26.0 Å². The normalized spacial score (nSPS) is 17.8. The van der Waals surface area contributed by atoms with Crippen LogP contribution in [-0.2, 0) is 5.60 Å². The summed E-state index contributed by atoms with van der Waals surface area (Å²) in [7, 11) is 0. The second kappa shape index (κ2) is 5.10. The minimum absolute atomic E-state index is 0.00222. The summed E-state index contributed by atoms with van der Waals surface area (Å²) < 4.78 is 41.3. The summed E-state index contributed by atoms with van der Waals surface area (Å²) in [5.41, 5.74) is -1.32. The van der Waals surface area contributed by atoms with E-state index in [1.54, 1.807) is 12.1 Å². The van der Waals surface area contributed by atoms with E-state index in [0.717, 1.165) is 0 Å². The van der Waals surface area contributed by atoms with Crippen molar-refractivity contribution in [1.82, 2.24) is 5.32 Å². The first kappa shape index (κ1) is 14.1. The number of alkyl halides is 3. The van der Waals surface area contributed by atoms with Gasteiger partial charge in [0.25, 0.3) is 0 Å². The van der Waals surface area contributed by atoms with Crippen LogP contribution in [0, 0.1) is 0 Å². The molecule has 1 rings (SSSR count). The van der Waals surface area contributed by atoms with Crippen LogP contribution in [0.1, 0.15) is 26.0 Å². The average molecular weight is 251 g/mol. The molecule has 2 atom stereocenters. The molecule has 6 heteroatoms. The molecular formula is C11H16F3NO2. The molecule has 1 aromatic heterocycles. The number of nitrogens with one attached hydrogen (secondary N) is 1. The zero-order chi connectivity index (χ0) is 13.1. The Morgan fingerprint density at radius 2 is 2.12 bits per heavy atom. The Hall–Kier alpha value is -1.01.